The summed E-state index contributed by atoms with van der Waals surface area (Å²) in [5.74, 6) is 1.42. The van der Waals surface area contributed by atoms with Crippen LogP contribution in [0, 0.1) is 0 Å². The van der Waals surface area contributed by atoms with Gasteiger partial charge in [-0.05, 0) is 51.5 Å². The van der Waals surface area contributed by atoms with Crippen LogP contribution in [0.2, 0.25) is 0 Å². The molecule has 0 bridgehead atoms. The number of amidine groups is 1. The molecule has 0 unspecified atom stereocenters. The molecule has 1 heterocycles. The van der Waals surface area contributed by atoms with E-state index in [9.17, 15) is 4.79 Å². The van der Waals surface area contributed by atoms with Gasteiger partial charge in [-0.3, -0.25) is 0 Å². The molecule has 0 aliphatic carbocycles. The smallest absolute Gasteiger partial charge is 0.314 e. The Morgan fingerprint density at radius 3 is 2.26 bits per heavy atom. The number of carbonyl (C=O) groups is 1. The zero-order valence-corrected chi connectivity index (χ0v) is 17.0. The predicted molar refractivity (Wildman–Crippen MR) is 112 cm³/mol. The molecule has 0 aromatic carbocycles. The monoisotopic (exact) mass is 378 g/mol. The van der Waals surface area contributed by atoms with Crippen molar-refractivity contribution in [1.29, 1.82) is 0 Å². The Kier molecular flexibility index (Phi) is 13.8. The van der Waals surface area contributed by atoms with Gasteiger partial charge in [-0.1, -0.05) is 49.9 Å². The summed E-state index contributed by atoms with van der Waals surface area (Å²) in [5, 5.41) is 12.7. The first-order valence-corrected chi connectivity index (χ1v) is 10.6. The van der Waals surface area contributed by atoms with Gasteiger partial charge < -0.3 is 20.8 Å². The van der Waals surface area contributed by atoms with Crippen molar-refractivity contribution in [3.63, 3.8) is 0 Å². The summed E-state index contributed by atoms with van der Waals surface area (Å²) < 4.78 is 0. The zero-order valence-electron chi connectivity index (χ0n) is 17.0. The van der Waals surface area contributed by atoms with E-state index in [1.54, 1.807) is 0 Å². The van der Waals surface area contributed by atoms with Crippen LogP contribution < -0.4 is 16.0 Å². The third-order valence-electron chi connectivity index (χ3n) is 4.40. The van der Waals surface area contributed by atoms with Crippen molar-refractivity contribution in [2.75, 3.05) is 13.1 Å². The number of carbonyl (C=O) groups excluding carboxylic acids is 1. The van der Waals surface area contributed by atoms with Gasteiger partial charge in [0, 0.05) is 19.5 Å². The third kappa shape index (κ3) is 13.8. The summed E-state index contributed by atoms with van der Waals surface area (Å²) in [4.78, 5) is 16.4. The van der Waals surface area contributed by atoms with Crippen LogP contribution in [0.25, 0.3) is 0 Å². The van der Waals surface area contributed by atoms with E-state index in [1.165, 1.54) is 32.1 Å². The largest absolute Gasteiger partial charge is 0.338 e. The Labute approximate surface area is 164 Å². The van der Waals surface area contributed by atoms with Crippen LogP contribution in [0.4, 0.5) is 4.79 Å². The number of nitrogens with zero attached hydrogens (tertiary/aromatic N) is 1. The highest BCUT2D eigenvalue weighted by Crippen LogP contribution is 2.09. The molecule has 0 saturated carbocycles. The molecule has 0 atom stereocenters. The van der Waals surface area contributed by atoms with Crippen LogP contribution in [-0.2, 0) is 4.84 Å². The minimum absolute atomic E-state index is 0.0325. The Morgan fingerprint density at radius 2 is 1.63 bits per heavy atom. The van der Waals surface area contributed by atoms with Gasteiger partial charge >= 0.3 is 6.03 Å². The van der Waals surface area contributed by atoms with E-state index in [0.29, 0.717) is 5.88 Å². The van der Waals surface area contributed by atoms with Gasteiger partial charge in [0.1, 0.15) is 5.84 Å². The van der Waals surface area contributed by atoms with Crippen LogP contribution in [0.15, 0.2) is 29.8 Å². The molecule has 0 spiro atoms. The van der Waals surface area contributed by atoms with E-state index in [2.05, 4.69) is 46.8 Å². The van der Waals surface area contributed by atoms with E-state index >= 15 is 0 Å². The van der Waals surface area contributed by atoms with Crippen molar-refractivity contribution in [2.45, 2.75) is 84.0 Å². The highest BCUT2D eigenvalue weighted by molar-refractivity contribution is 5.84. The Bertz CT molecular complexity index is 475. The molecule has 0 aromatic rings. The summed E-state index contributed by atoms with van der Waals surface area (Å²) >= 11 is 0. The van der Waals surface area contributed by atoms with Crippen molar-refractivity contribution >= 4 is 11.9 Å². The fraction of sp³-hybridized carbons (Fsp3) is 0.714. The maximum atomic E-state index is 11.5. The number of oxime groups is 1. The van der Waals surface area contributed by atoms with Crippen molar-refractivity contribution < 1.29 is 9.63 Å². The molecule has 1 aliphatic heterocycles. The lowest BCUT2D eigenvalue weighted by molar-refractivity contribution is 0.240. The number of urea groups is 1. The van der Waals surface area contributed by atoms with E-state index < -0.39 is 0 Å². The second-order valence-corrected chi connectivity index (χ2v) is 6.99. The quantitative estimate of drug-likeness (QED) is 0.263. The Morgan fingerprint density at radius 1 is 1.00 bits per heavy atom. The molecular formula is C21H38N4O2. The maximum Gasteiger partial charge on any atom is 0.314 e. The molecule has 1 rings (SSSR count). The van der Waals surface area contributed by atoms with Crippen molar-refractivity contribution in [1.82, 2.24) is 16.0 Å². The molecule has 3 N–H and O–H groups in total. The van der Waals surface area contributed by atoms with E-state index in [1.807, 2.05) is 0 Å². The van der Waals surface area contributed by atoms with Crippen LogP contribution in [0.1, 0.15) is 84.0 Å². The van der Waals surface area contributed by atoms with Crippen LogP contribution in [0.5, 0.6) is 0 Å². The Balaban J connectivity index is 1.79. The predicted octanol–water partition coefficient (Wildman–Crippen LogP) is 4.95. The molecule has 6 heteroatoms. The highest BCUT2D eigenvalue weighted by Gasteiger charge is 2.09. The fourth-order valence-corrected chi connectivity index (χ4v) is 2.80. The SMILES string of the molecule is C=C1NC(CCCCCC/C=C\CCCCNC(=O)NCCCCC)=NO1. The lowest BCUT2D eigenvalue weighted by atomic mass is 10.1. The average Bonchev–Trinajstić information content (AvgIpc) is 3.08. The maximum absolute atomic E-state index is 11.5. The summed E-state index contributed by atoms with van der Waals surface area (Å²) in [5.41, 5.74) is 0. The van der Waals surface area contributed by atoms with Crippen molar-refractivity contribution in [3.05, 3.63) is 24.6 Å². The Hall–Kier alpha value is -1.98. The van der Waals surface area contributed by atoms with E-state index in [-0.39, 0.29) is 6.03 Å². The van der Waals surface area contributed by atoms with Gasteiger partial charge in [0.15, 0.2) is 0 Å². The number of rotatable bonds is 16. The lowest BCUT2D eigenvalue weighted by Crippen LogP contribution is -2.36. The van der Waals surface area contributed by atoms with Crippen LogP contribution in [0.3, 0.4) is 0 Å². The summed E-state index contributed by atoms with van der Waals surface area (Å²) in [7, 11) is 0. The summed E-state index contributed by atoms with van der Waals surface area (Å²) in [6.07, 6.45) is 18.1. The van der Waals surface area contributed by atoms with Crippen LogP contribution in [-0.4, -0.2) is 25.0 Å². The lowest BCUT2D eigenvalue weighted by Gasteiger charge is -2.06. The van der Waals surface area contributed by atoms with Gasteiger partial charge in [-0.2, -0.15) is 0 Å². The van der Waals surface area contributed by atoms with Gasteiger partial charge in [-0.25, -0.2) is 4.79 Å². The summed E-state index contributed by atoms with van der Waals surface area (Å²) in [6.45, 7) is 7.35. The van der Waals surface area contributed by atoms with E-state index in [4.69, 9.17) is 4.84 Å². The standard InChI is InChI=1S/C21H38N4O2/c1-3-4-14-17-22-21(26)23-18-15-12-10-8-6-5-7-9-11-13-16-20-24-19(2)27-25-20/h6,8H,2-5,7,9-18H2,1H3,(H,24,25)(H2,22,23,26)/b8-6-. The number of hydrogen-bond acceptors (Lipinski definition) is 4. The molecule has 0 saturated heterocycles. The number of allylic oxidation sites excluding steroid dienone is 2. The second kappa shape index (κ2) is 16.2. The first kappa shape index (κ1) is 23.1. The van der Waals surface area contributed by atoms with Crippen molar-refractivity contribution in [3.8, 4) is 0 Å². The average molecular weight is 379 g/mol. The van der Waals surface area contributed by atoms with Gasteiger partial charge in [-0.15, -0.1) is 0 Å². The number of amides is 2. The normalized spacial score (nSPS) is 13.4. The van der Waals surface area contributed by atoms with Crippen LogP contribution >= 0.6 is 0 Å². The first-order valence-electron chi connectivity index (χ1n) is 10.6. The number of hydrogen-bond donors (Lipinski definition) is 3. The third-order valence-corrected chi connectivity index (χ3v) is 4.40. The minimum atomic E-state index is -0.0325. The fourth-order valence-electron chi connectivity index (χ4n) is 2.80. The van der Waals surface area contributed by atoms with Crippen molar-refractivity contribution in [2.24, 2.45) is 5.16 Å². The molecule has 1 aliphatic rings. The molecule has 27 heavy (non-hydrogen) atoms. The van der Waals surface area contributed by atoms with Gasteiger partial charge in [0.05, 0.1) is 0 Å². The number of nitrogens with one attached hydrogen (secondary N) is 3. The van der Waals surface area contributed by atoms with E-state index in [0.717, 1.165) is 63.9 Å². The molecule has 0 aromatic heterocycles. The zero-order chi connectivity index (χ0) is 19.6. The second-order valence-electron chi connectivity index (χ2n) is 6.99. The topological polar surface area (TPSA) is 74.8 Å². The molecule has 0 radical (unpaired) electrons. The van der Waals surface area contributed by atoms with Gasteiger partial charge in [0.2, 0.25) is 5.88 Å². The molecular weight excluding hydrogens is 340 g/mol. The summed E-state index contributed by atoms with van der Waals surface area (Å²) in [6, 6.07) is -0.0325. The number of unbranched alkanes of at least 4 members (excludes halogenated alkanes) is 8. The minimum Gasteiger partial charge on any atom is -0.338 e. The highest BCUT2D eigenvalue weighted by atomic mass is 16.7. The first-order chi connectivity index (χ1) is 13.2. The molecule has 6 nitrogen and oxygen atoms in total. The van der Waals surface area contributed by atoms with Gasteiger partial charge in [0.25, 0.3) is 0 Å². The molecule has 0 fully saturated rings. The molecule has 2 amide bonds. The molecule has 154 valence electrons.